The van der Waals surface area contributed by atoms with Crippen LogP contribution in [0, 0.1) is 0 Å². The molecule has 0 aliphatic rings. The first-order valence-electron chi connectivity index (χ1n) is 7.48. The Morgan fingerprint density at radius 3 is 2.30 bits per heavy atom. The topological polar surface area (TPSA) is 147 Å². The lowest BCUT2D eigenvalue weighted by Crippen LogP contribution is -2.12. The second-order valence-corrected chi connectivity index (χ2v) is 8.02. The van der Waals surface area contributed by atoms with Gasteiger partial charge >= 0.3 is 0 Å². The van der Waals surface area contributed by atoms with Crippen LogP contribution in [0.3, 0.4) is 0 Å². The van der Waals surface area contributed by atoms with Gasteiger partial charge in [0, 0.05) is 22.3 Å². The summed E-state index contributed by atoms with van der Waals surface area (Å²) in [7, 11) is -4.66. The first-order chi connectivity index (χ1) is 12.6. The van der Waals surface area contributed by atoms with Crippen molar-refractivity contribution < 1.29 is 26.5 Å². The number of carbonyl (C=O) groups excluding carboxylic acids is 1. The number of benzene rings is 3. The molecule has 5 N–H and O–H groups in total. The van der Waals surface area contributed by atoms with Crippen LogP contribution >= 0.6 is 0 Å². The number of nitrogens with two attached hydrogens (primary N) is 1. The van der Waals surface area contributed by atoms with E-state index in [-0.39, 0.29) is 16.0 Å². The molecule has 1 amide bonds. The Bertz CT molecular complexity index is 1170. The van der Waals surface area contributed by atoms with E-state index in [1.165, 1.54) is 36.4 Å². The van der Waals surface area contributed by atoms with E-state index in [2.05, 4.69) is 5.32 Å². The first kappa shape index (κ1) is 19.0. The van der Waals surface area contributed by atoms with Crippen LogP contribution < -0.4 is 11.1 Å². The first-order valence-corrected chi connectivity index (χ1v) is 10.0. The van der Waals surface area contributed by atoms with Gasteiger partial charge in [0.05, 0.1) is 4.90 Å². The van der Waals surface area contributed by atoms with E-state index in [1.807, 2.05) is 0 Å². The van der Waals surface area contributed by atoms with Crippen molar-refractivity contribution in [2.24, 2.45) is 0 Å². The predicted molar refractivity (Wildman–Crippen MR) is 102 cm³/mol. The SMILES string of the molecule is Nc1ccc(C(=O)Nc2ccc3cc(S(=O)O)cc(S(=O)(=O)O)c3c2)cc1. The summed E-state index contributed by atoms with van der Waals surface area (Å²) in [6.45, 7) is 0. The molecule has 0 fully saturated rings. The highest BCUT2D eigenvalue weighted by Crippen LogP contribution is 2.29. The molecular formula is C17H14N2O6S2. The molecular weight excluding hydrogens is 392 g/mol. The van der Waals surface area contributed by atoms with Gasteiger partial charge in [0.15, 0.2) is 11.1 Å². The largest absolute Gasteiger partial charge is 0.399 e. The molecule has 0 saturated carbocycles. The number of fused-ring (bicyclic) bond motifs is 1. The molecule has 0 saturated heterocycles. The monoisotopic (exact) mass is 406 g/mol. The Labute approximate surface area is 157 Å². The number of rotatable bonds is 4. The van der Waals surface area contributed by atoms with Crippen LogP contribution in [-0.2, 0) is 21.2 Å². The van der Waals surface area contributed by atoms with E-state index in [0.29, 0.717) is 16.6 Å². The van der Waals surface area contributed by atoms with Crippen LogP contribution in [-0.4, -0.2) is 27.6 Å². The summed E-state index contributed by atoms with van der Waals surface area (Å²) in [6, 6.07) is 12.8. The van der Waals surface area contributed by atoms with Gasteiger partial charge in [-0.3, -0.25) is 9.35 Å². The minimum atomic E-state index is -4.66. The highest BCUT2D eigenvalue weighted by Gasteiger charge is 2.18. The van der Waals surface area contributed by atoms with Crippen molar-refractivity contribution in [3.63, 3.8) is 0 Å². The van der Waals surface area contributed by atoms with Crippen molar-refractivity contribution in [2.45, 2.75) is 9.79 Å². The molecule has 3 aromatic carbocycles. The third kappa shape index (κ3) is 4.14. The maximum absolute atomic E-state index is 12.3. The highest BCUT2D eigenvalue weighted by molar-refractivity contribution is 7.86. The van der Waals surface area contributed by atoms with Crippen molar-refractivity contribution in [3.8, 4) is 0 Å². The number of nitrogen functional groups attached to an aromatic ring is 1. The van der Waals surface area contributed by atoms with Gasteiger partial charge in [0.1, 0.15) is 4.90 Å². The van der Waals surface area contributed by atoms with Gasteiger partial charge in [-0.2, -0.15) is 8.42 Å². The average molecular weight is 406 g/mol. The molecule has 0 aliphatic carbocycles. The lowest BCUT2D eigenvalue weighted by molar-refractivity contribution is 0.102. The third-order valence-corrected chi connectivity index (χ3v) is 5.33. The summed E-state index contributed by atoms with van der Waals surface area (Å²) in [5, 5.41) is 3.03. The second-order valence-electron chi connectivity index (χ2n) is 5.66. The van der Waals surface area contributed by atoms with Crippen molar-refractivity contribution in [3.05, 3.63) is 60.2 Å². The van der Waals surface area contributed by atoms with Gasteiger partial charge in [-0.1, -0.05) is 6.07 Å². The summed E-state index contributed by atoms with van der Waals surface area (Å²) in [5.74, 6) is -0.434. The third-order valence-electron chi connectivity index (χ3n) is 3.80. The number of anilines is 2. The minimum Gasteiger partial charge on any atom is -0.399 e. The van der Waals surface area contributed by atoms with Gasteiger partial charge in [-0.25, -0.2) is 4.21 Å². The van der Waals surface area contributed by atoms with E-state index in [1.54, 1.807) is 12.1 Å². The molecule has 0 aromatic heterocycles. The molecule has 8 nitrogen and oxygen atoms in total. The Kier molecular flexibility index (Phi) is 4.98. The van der Waals surface area contributed by atoms with Crippen molar-refractivity contribution in [2.75, 3.05) is 11.1 Å². The Balaban J connectivity index is 2.06. The summed E-state index contributed by atoms with van der Waals surface area (Å²) in [5.41, 5.74) is 6.72. The maximum atomic E-state index is 12.3. The fourth-order valence-corrected chi connectivity index (χ4v) is 3.78. The minimum absolute atomic E-state index is 0.0989. The zero-order chi connectivity index (χ0) is 19.8. The maximum Gasteiger partial charge on any atom is 0.295 e. The molecule has 1 atom stereocenters. The normalized spacial score (nSPS) is 12.7. The molecule has 0 heterocycles. The molecule has 0 spiro atoms. The van der Waals surface area contributed by atoms with Crippen LogP contribution in [0.15, 0.2) is 64.4 Å². The van der Waals surface area contributed by atoms with Gasteiger partial charge in [-0.15, -0.1) is 0 Å². The molecule has 140 valence electrons. The fraction of sp³-hybridized carbons (Fsp3) is 0. The number of hydrogen-bond donors (Lipinski definition) is 4. The number of hydrogen-bond acceptors (Lipinski definition) is 5. The molecule has 0 aliphatic heterocycles. The molecule has 10 heteroatoms. The number of carbonyl (C=O) groups is 1. The molecule has 3 aromatic rings. The van der Waals surface area contributed by atoms with Crippen molar-refractivity contribution in [1.82, 2.24) is 0 Å². The Morgan fingerprint density at radius 1 is 1.04 bits per heavy atom. The van der Waals surface area contributed by atoms with E-state index in [4.69, 9.17) is 5.73 Å². The molecule has 1 unspecified atom stereocenters. The summed E-state index contributed by atoms with van der Waals surface area (Å²) in [6.07, 6.45) is 0. The van der Waals surface area contributed by atoms with Crippen molar-refractivity contribution in [1.29, 1.82) is 0 Å². The van der Waals surface area contributed by atoms with Gasteiger partial charge < -0.3 is 15.6 Å². The zero-order valence-electron chi connectivity index (χ0n) is 13.6. The molecule has 0 radical (unpaired) electrons. The van der Waals surface area contributed by atoms with Crippen LogP contribution in [0.4, 0.5) is 11.4 Å². The van der Waals surface area contributed by atoms with Gasteiger partial charge in [-0.05, 0) is 53.9 Å². The smallest absolute Gasteiger partial charge is 0.295 e. The standard InChI is InChI=1S/C17H14N2O6S2/c18-12-4-1-10(2-5-12)17(20)19-13-6-3-11-7-14(26(21)22)9-16(15(11)8-13)27(23,24)25/h1-9H,18H2,(H,19,20)(H,21,22)(H,23,24,25). The Morgan fingerprint density at radius 2 is 1.70 bits per heavy atom. The van der Waals surface area contributed by atoms with Crippen LogP contribution in [0.1, 0.15) is 10.4 Å². The average Bonchev–Trinajstić information content (AvgIpc) is 2.60. The molecule has 0 bridgehead atoms. The van der Waals surface area contributed by atoms with Crippen LogP contribution in [0.2, 0.25) is 0 Å². The molecule has 3 rings (SSSR count). The zero-order valence-corrected chi connectivity index (χ0v) is 15.3. The van der Waals surface area contributed by atoms with E-state index in [9.17, 15) is 26.5 Å². The summed E-state index contributed by atoms with van der Waals surface area (Å²) in [4.78, 5) is 11.6. The van der Waals surface area contributed by atoms with Crippen molar-refractivity contribution >= 4 is 49.3 Å². The number of nitrogens with one attached hydrogen (secondary N) is 1. The predicted octanol–water partition coefficient (Wildman–Crippen LogP) is 2.50. The molecule has 27 heavy (non-hydrogen) atoms. The number of amides is 1. The quantitative estimate of drug-likeness (QED) is 0.296. The summed E-state index contributed by atoms with van der Waals surface area (Å²) < 4.78 is 53.3. The lowest BCUT2D eigenvalue weighted by Gasteiger charge is -2.10. The second kappa shape index (κ2) is 7.08. The van der Waals surface area contributed by atoms with E-state index >= 15 is 0 Å². The summed E-state index contributed by atoms with van der Waals surface area (Å²) >= 11 is -2.43. The van der Waals surface area contributed by atoms with Crippen LogP contribution in [0.25, 0.3) is 10.8 Å². The lowest BCUT2D eigenvalue weighted by atomic mass is 10.1. The highest BCUT2D eigenvalue weighted by atomic mass is 32.2. The van der Waals surface area contributed by atoms with Gasteiger partial charge in [0.25, 0.3) is 16.0 Å². The van der Waals surface area contributed by atoms with E-state index < -0.39 is 32.0 Å². The fourth-order valence-electron chi connectivity index (χ4n) is 2.53. The Hall–Kier alpha value is -2.79. The van der Waals surface area contributed by atoms with Gasteiger partial charge in [0.2, 0.25) is 0 Å². The van der Waals surface area contributed by atoms with Crippen LogP contribution in [0.5, 0.6) is 0 Å². The van der Waals surface area contributed by atoms with E-state index in [0.717, 1.165) is 6.07 Å².